The smallest absolute Gasteiger partial charge is 0.105 e. The molecule has 0 aliphatic heterocycles. The van der Waals surface area contributed by atoms with Crippen LogP contribution in [-0.2, 0) is 6.54 Å². The van der Waals surface area contributed by atoms with E-state index in [4.69, 9.17) is 10.2 Å². The van der Waals surface area contributed by atoms with E-state index in [9.17, 15) is 0 Å². The minimum absolute atomic E-state index is 0.728. The lowest BCUT2D eigenvalue weighted by Crippen LogP contribution is -2.35. The van der Waals surface area contributed by atoms with E-state index in [-0.39, 0.29) is 0 Å². The van der Waals surface area contributed by atoms with Crippen molar-refractivity contribution in [2.24, 2.45) is 17.6 Å². The van der Waals surface area contributed by atoms with Crippen LogP contribution in [0.2, 0.25) is 0 Å². The summed E-state index contributed by atoms with van der Waals surface area (Å²) in [5.74, 6) is 2.55. The Morgan fingerprint density at radius 1 is 1.33 bits per heavy atom. The molecule has 1 fully saturated rings. The van der Waals surface area contributed by atoms with Gasteiger partial charge in [0.1, 0.15) is 5.76 Å². The van der Waals surface area contributed by atoms with Crippen molar-refractivity contribution in [3.8, 4) is 0 Å². The Hall–Kier alpha value is -0.800. The first kappa shape index (κ1) is 13.6. The van der Waals surface area contributed by atoms with Crippen molar-refractivity contribution in [2.75, 3.05) is 20.1 Å². The zero-order valence-corrected chi connectivity index (χ0v) is 11.7. The molecule has 0 saturated heterocycles. The van der Waals surface area contributed by atoms with Crippen LogP contribution < -0.4 is 5.73 Å². The third-order valence-corrected chi connectivity index (χ3v) is 4.32. The summed E-state index contributed by atoms with van der Waals surface area (Å²) in [6.45, 7) is 5.03. The van der Waals surface area contributed by atoms with Gasteiger partial charge in [-0.05, 0) is 51.3 Å². The molecule has 0 aromatic carbocycles. The van der Waals surface area contributed by atoms with Crippen LogP contribution in [0.5, 0.6) is 0 Å². The molecule has 18 heavy (non-hydrogen) atoms. The lowest BCUT2D eigenvalue weighted by molar-refractivity contribution is 0.170. The molecule has 0 radical (unpaired) electrons. The normalized spacial score (nSPS) is 24.7. The SMILES string of the molecule is Cc1occc1CN(C)CC1CCCCC1CN. The molecular formula is C15H26N2O. The van der Waals surface area contributed by atoms with Crippen molar-refractivity contribution in [3.63, 3.8) is 0 Å². The van der Waals surface area contributed by atoms with E-state index in [2.05, 4.69) is 18.0 Å². The second-order valence-corrected chi connectivity index (χ2v) is 5.74. The van der Waals surface area contributed by atoms with Gasteiger partial charge in [0.05, 0.1) is 6.26 Å². The zero-order valence-electron chi connectivity index (χ0n) is 11.7. The third-order valence-electron chi connectivity index (χ3n) is 4.32. The average molecular weight is 250 g/mol. The van der Waals surface area contributed by atoms with Crippen LogP contribution in [0.3, 0.4) is 0 Å². The fraction of sp³-hybridized carbons (Fsp3) is 0.733. The van der Waals surface area contributed by atoms with E-state index >= 15 is 0 Å². The second-order valence-electron chi connectivity index (χ2n) is 5.74. The summed E-state index contributed by atoms with van der Waals surface area (Å²) in [6.07, 6.45) is 7.18. The van der Waals surface area contributed by atoms with Gasteiger partial charge in [-0.2, -0.15) is 0 Å². The highest BCUT2D eigenvalue weighted by Gasteiger charge is 2.25. The molecular weight excluding hydrogens is 224 g/mol. The van der Waals surface area contributed by atoms with Crippen LogP contribution in [-0.4, -0.2) is 25.0 Å². The lowest BCUT2D eigenvalue weighted by Gasteiger charge is -2.33. The molecule has 2 N–H and O–H groups in total. The summed E-state index contributed by atoms with van der Waals surface area (Å²) < 4.78 is 5.35. The molecule has 0 spiro atoms. The molecule has 1 aliphatic carbocycles. The van der Waals surface area contributed by atoms with E-state index in [0.717, 1.165) is 37.2 Å². The standard InChI is InChI=1S/C15H26N2O/c1-12-14(7-8-18-12)10-17(2)11-15-6-4-3-5-13(15)9-16/h7-8,13,15H,3-6,9-11,16H2,1-2H3. The van der Waals surface area contributed by atoms with Gasteiger partial charge in [-0.3, -0.25) is 0 Å². The van der Waals surface area contributed by atoms with E-state index in [1.807, 2.05) is 6.92 Å². The Kier molecular flexibility index (Phi) is 4.84. The summed E-state index contributed by atoms with van der Waals surface area (Å²) in [6, 6.07) is 2.08. The predicted octanol–water partition coefficient (Wildman–Crippen LogP) is 2.78. The topological polar surface area (TPSA) is 42.4 Å². The van der Waals surface area contributed by atoms with Gasteiger partial charge in [0.15, 0.2) is 0 Å². The van der Waals surface area contributed by atoms with Crippen LogP contribution in [0.4, 0.5) is 0 Å². The van der Waals surface area contributed by atoms with Crippen molar-refractivity contribution in [3.05, 3.63) is 23.7 Å². The molecule has 2 atom stereocenters. The van der Waals surface area contributed by atoms with Gasteiger partial charge in [-0.25, -0.2) is 0 Å². The van der Waals surface area contributed by atoms with Gasteiger partial charge >= 0.3 is 0 Å². The molecule has 1 aromatic rings. The number of nitrogens with two attached hydrogens (primary N) is 1. The molecule has 1 heterocycles. The summed E-state index contributed by atoms with van der Waals surface area (Å²) >= 11 is 0. The van der Waals surface area contributed by atoms with Gasteiger partial charge in [-0.15, -0.1) is 0 Å². The van der Waals surface area contributed by atoms with Crippen LogP contribution in [0.1, 0.15) is 37.0 Å². The molecule has 2 unspecified atom stereocenters. The Bertz CT molecular complexity index is 361. The molecule has 2 rings (SSSR count). The predicted molar refractivity (Wildman–Crippen MR) is 74.3 cm³/mol. The van der Waals surface area contributed by atoms with Crippen molar-refractivity contribution in [1.82, 2.24) is 4.90 Å². The lowest BCUT2D eigenvalue weighted by atomic mass is 9.79. The van der Waals surface area contributed by atoms with Crippen molar-refractivity contribution < 1.29 is 4.42 Å². The molecule has 1 aliphatic rings. The Labute approximate surface area is 110 Å². The largest absolute Gasteiger partial charge is 0.469 e. The van der Waals surface area contributed by atoms with E-state index in [0.29, 0.717) is 0 Å². The minimum Gasteiger partial charge on any atom is -0.469 e. The number of hydrogen-bond acceptors (Lipinski definition) is 3. The first-order chi connectivity index (χ1) is 8.70. The van der Waals surface area contributed by atoms with E-state index in [1.54, 1.807) is 6.26 Å². The number of rotatable bonds is 5. The maximum Gasteiger partial charge on any atom is 0.105 e. The Morgan fingerprint density at radius 3 is 2.67 bits per heavy atom. The summed E-state index contributed by atoms with van der Waals surface area (Å²) in [5.41, 5.74) is 7.20. The van der Waals surface area contributed by atoms with Gasteiger partial charge in [0, 0.05) is 18.7 Å². The van der Waals surface area contributed by atoms with Crippen LogP contribution >= 0.6 is 0 Å². The van der Waals surface area contributed by atoms with Gasteiger partial charge in [0.2, 0.25) is 0 Å². The maximum atomic E-state index is 5.90. The monoisotopic (exact) mass is 250 g/mol. The maximum absolute atomic E-state index is 5.90. The van der Waals surface area contributed by atoms with Crippen LogP contribution in [0.15, 0.2) is 16.7 Å². The molecule has 1 aromatic heterocycles. The number of nitrogens with zero attached hydrogens (tertiary/aromatic N) is 1. The molecule has 1 saturated carbocycles. The highest BCUT2D eigenvalue weighted by Crippen LogP contribution is 2.30. The Balaban J connectivity index is 1.86. The number of furan rings is 1. The van der Waals surface area contributed by atoms with Crippen molar-refractivity contribution in [2.45, 2.75) is 39.2 Å². The summed E-state index contributed by atoms with van der Waals surface area (Å²) in [5, 5.41) is 0. The number of hydrogen-bond donors (Lipinski definition) is 1. The fourth-order valence-corrected chi connectivity index (χ4v) is 3.17. The summed E-state index contributed by atoms with van der Waals surface area (Å²) in [4.78, 5) is 2.41. The van der Waals surface area contributed by atoms with E-state index < -0.39 is 0 Å². The highest BCUT2D eigenvalue weighted by atomic mass is 16.3. The van der Waals surface area contributed by atoms with Gasteiger partial charge < -0.3 is 15.1 Å². The first-order valence-electron chi connectivity index (χ1n) is 7.12. The highest BCUT2D eigenvalue weighted by molar-refractivity contribution is 5.14. The van der Waals surface area contributed by atoms with Gasteiger partial charge in [0.25, 0.3) is 0 Å². The van der Waals surface area contributed by atoms with E-state index in [1.165, 1.54) is 31.2 Å². The molecule has 3 heteroatoms. The molecule has 0 amide bonds. The minimum atomic E-state index is 0.728. The first-order valence-corrected chi connectivity index (χ1v) is 7.12. The van der Waals surface area contributed by atoms with Crippen LogP contribution in [0.25, 0.3) is 0 Å². The average Bonchev–Trinajstić information content (AvgIpc) is 2.75. The number of aryl methyl sites for hydroxylation is 1. The van der Waals surface area contributed by atoms with Crippen LogP contribution in [0, 0.1) is 18.8 Å². The third kappa shape index (κ3) is 3.36. The molecule has 102 valence electrons. The Morgan fingerprint density at radius 2 is 2.06 bits per heavy atom. The quantitative estimate of drug-likeness (QED) is 0.873. The fourth-order valence-electron chi connectivity index (χ4n) is 3.17. The van der Waals surface area contributed by atoms with Crippen molar-refractivity contribution >= 4 is 0 Å². The second kappa shape index (κ2) is 6.39. The molecule has 0 bridgehead atoms. The summed E-state index contributed by atoms with van der Waals surface area (Å²) in [7, 11) is 2.20. The van der Waals surface area contributed by atoms with Gasteiger partial charge in [-0.1, -0.05) is 12.8 Å². The molecule has 3 nitrogen and oxygen atoms in total. The van der Waals surface area contributed by atoms with Crippen molar-refractivity contribution in [1.29, 1.82) is 0 Å². The zero-order chi connectivity index (χ0) is 13.0.